The minimum absolute atomic E-state index is 0.106. The Hall–Kier alpha value is -1.71. The highest BCUT2D eigenvalue weighted by atomic mass is 16.6. The third kappa shape index (κ3) is 3.81. The van der Waals surface area contributed by atoms with E-state index in [1.54, 1.807) is 19.1 Å². The predicted octanol–water partition coefficient (Wildman–Crippen LogP) is 2.03. The van der Waals surface area contributed by atoms with Crippen molar-refractivity contribution in [3.63, 3.8) is 0 Å². The number of carbonyl (C=O) groups excluding carboxylic acids is 1. The molecule has 0 bridgehead atoms. The molecule has 0 saturated carbocycles. The maximum Gasteiger partial charge on any atom is 0.344 e. The van der Waals surface area contributed by atoms with Gasteiger partial charge in [0.1, 0.15) is 11.5 Å². The first kappa shape index (κ1) is 12.4. The molecule has 4 nitrogen and oxygen atoms in total. The molecule has 88 valence electrons. The molecule has 1 aromatic rings. The Bertz CT molecular complexity index is 360. The van der Waals surface area contributed by atoms with Crippen molar-refractivity contribution < 1.29 is 19.4 Å². The highest BCUT2D eigenvalue weighted by Crippen LogP contribution is 2.22. The van der Waals surface area contributed by atoms with E-state index in [2.05, 4.69) is 0 Å². The van der Waals surface area contributed by atoms with Crippen molar-refractivity contribution in [1.82, 2.24) is 0 Å². The number of esters is 1. The molecule has 1 aromatic carbocycles. The Morgan fingerprint density at radius 2 is 2.19 bits per heavy atom. The minimum atomic E-state index is -0.380. The molecule has 1 rings (SSSR count). The van der Waals surface area contributed by atoms with E-state index < -0.39 is 0 Å². The number of phenolic OH excluding ortho intramolecular Hbond substituents is 1. The van der Waals surface area contributed by atoms with Gasteiger partial charge in [-0.3, -0.25) is 0 Å². The van der Waals surface area contributed by atoms with Crippen LogP contribution in [0.2, 0.25) is 0 Å². The number of phenols is 1. The summed E-state index contributed by atoms with van der Waals surface area (Å²) in [6.45, 7) is 4.03. The van der Waals surface area contributed by atoms with Crippen LogP contribution in [0.4, 0.5) is 0 Å². The fourth-order valence-corrected chi connectivity index (χ4v) is 1.19. The lowest BCUT2D eigenvalue weighted by Gasteiger charge is -2.08. The number of rotatable bonds is 5. The molecular weight excluding hydrogens is 208 g/mol. The van der Waals surface area contributed by atoms with Crippen molar-refractivity contribution in [2.75, 3.05) is 13.2 Å². The highest BCUT2D eigenvalue weighted by molar-refractivity contribution is 5.71. The summed E-state index contributed by atoms with van der Waals surface area (Å²) in [7, 11) is 0. The molecule has 0 heterocycles. The smallest absolute Gasteiger partial charge is 0.344 e. The fraction of sp³-hybridized carbons (Fsp3) is 0.417. The van der Waals surface area contributed by atoms with Crippen LogP contribution in [0.15, 0.2) is 18.2 Å². The van der Waals surface area contributed by atoms with E-state index in [4.69, 9.17) is 9.47 Å². The number of hydrogen-bond acceptors (Lipinski definition) is 4. The lowest BCUT2D eigenvalue weighted by atomic mass is 10.2. The molecule has 16 heavy (non-hydrogen) atoms. The fourth-order valence-electron chi connectivity index (χ4n) is 1.19. The van der Waals surface area contributed by atoms with Gasteiger partial charge in [0.05, 0.1) is 6.61 Å². The van der Waals surface area contributed by atoms with Gasteiger partial charge in [-0.05, 0) is 37.1 Å². The molecule has 0 aliphatic heterocycles. The van der Waals surface area contributed by atoms with Gasteiger partial charge in [-0.25, -0.2) is 4.79 Å². The van der Waals surface area contributed by atoms with Crippen LogP contribution >= 0.6 is 0 Å². The SMILES string of the molecule is CCCOC(=O)COc1ccc(O)cc1C. The van der Waals surface area contributed by atoms with Crippen molar-refractivity contribution in [3.8, 4) is 11.5 Å². The second kappa shape index (κ2) is 6.00. The van der Waals surface area contributed by atoms with Crippen LogP contribution in [0.1, 0.15) is 18.9 Å². The van der Waals surface area contributed by atoms with Gasteiger partial charge in [-0.2, -0.15) is 0 Å². The number of benzene rings is 1. The Morgan fingerprint density at radius 1 is 1.44 bits per heavy atom. The van der Waals surface area contributed by atoms with E-state index in [0.717, 1.165) is 12.0 Å². The van der Waals surface area contributed by atoms with E-state index in [1.807, 2.05) is 6.92 Å². The third-order valence-corrected chi connectivity index (χ3v) is 1.97. The second-order valence-electron chi connectivity index (χ2n) is 3.46. The normalized spacial score (nSPS) is 9.88. The Balaban J connectivity index is 2.45. The lowest BCUT2D eigenvalue weighted by Crippen LogP contribution is -2.15. The number of hydrogen-bond donors (Lipinski definition) is 1. The average Bonchev–Trinajstić information content (AvgIpc) is 2.25. The molecule has 0 radical (unpaired) electrons. The van der Waals surface area contributed by atoms with Gasteiger partial charge in [0.25, 0.3) is 0 Å². The van der Waals surface area contributed by atoms with Crippen LogP contribution < -0.4 is 4.74 Å². The van der Waals surface area contributed by atoms with Gasteiger partial charge < -0.3 is 14.6 Å². The lowest BCUT2D eigenvalue weighted by molar-refractivity contribution is -0.146. The Kier molecular flexibility index (Phi) is 4.64. The quantitative estimate of drug-likeness (QED) is 0.777. The number of aromatic hydroxyl groups is 1. The summed E-state index contributed by atoms with van der Waals surface area (Å²) in [5.74, 6) is 0.374. The second-order valence-corrected chi connectivity index (χ2v) is 3.46. The zero-order chi connectivity index (χ0) is 12.0. The summed E-state index contributed by atoms with van der Waals surface area (Å²) in [4.78, 5) is 11.2. The van der Waals surface area contributed by atoms with Gasteiger partial charge in [-0.15, -0.1) is 0 Å². The van der Waals surface area contributed by atoms with Crippen LogP contribution in [0, 0.1) is 6.92 Å². The molecule has 4 heteroatoms. The molecule has 0 aliphatic carbocycles. The van der Waals surface area contributed by atoms with Crippen molar-refractivity contribution >= 4 is 5.97 Å². The minimum Gasteiger partial charge on any atom is -0.508 e. The monoisotopic (exact) mass is 224 g/mol. The first-order valence-electron chi connectivity index (χ1n) is 5.21. The van der Waals surface area contributed by atoms with Gasteiger partial charge in [0.2, 0.25) is 0 Å². The van der Waals surface area contributed by atoms with Gasteiger partial charge in [0, 0.05) is 0 Å². The van der Waals surface area contributed by atoms with Gasteiger partial charge >= 0.3 is 5.97 Å². The summed E-state index contributed by atoms with van der Waals surface area (Å²) in [5, 5.41) is 9.18. The van der Waals surface area contributed by atoms with Gasteiger partial charge in [-0.1, -0.05) is 6.92 Å². The molecule has 0 aliphatic rings. The molecule has 0 amide bonds. The summed E-state index contributed by atoms with van der Waals surface area (Å²) in [5.41, 5.74) is 0.781. The van der Waals surface area contributed by atoms with Crippen LogP contribution in [-0.2, 0) is 9.53 Å². The standard InChI is InChI=1S/C12H16O4/c1-3-6-15-12(14)8-16-11-5-4-10(13)7-9(11)2/h4-5,7,13H,3,6,8H2,1-2H3. The maximum absolute atomic E-state index is 11.2. The third-order valence-electron chi connectivity index (χ3n) is 1.97. The zero-order valence-corrected chi connectivity index (χ0v) is 9.53. The molecule has 0 atom stereocenters. The summed E-state index contributed by atoms with van der Waals surface area (Å²) in [6.07, 6.45) is 0.796. The number of aryl methyl sites for hydroxylation is 1. The number of ether oxygens (including phenoxy) is 2. The molecule has 0 spiro atoms. The van der Waals surface area contributed by atoms with Crippen LogP contribution in [0.25, 0.3) is 0 Å². The summed E-state index contributed by atoms with van der Waals surface area (Å²) < 4.78 is 10.1. The Labute approximate surface area is 94.8 Å². The summed E-state index contributed by atoms with van der Waals surface area (Å²) >= 11 is 0. The van der Waals surface area contributed by atoms with E-state index in [-0.39, 0.29) is 18.3 Å². The van der Waals surface area contributed by atoms with Crippen molar-refractivity contribution in [2.45, 2.75) is 20.3 Å². The predicted molar refractivity (Wildman–Crippen MR) is 59.6 cm³/mol. The van der Waals surface area contributed by atoms with Crippen LogP contribution in [0.3, 0.4) is 0 Å². The average molecular weight is 224 g/mol. The summed E-state index contributed by atoms with van der Waals surface area (Å²) in [6, 6.07) is 4.71. The van der Waals surface area contributed by atoms with Crippen molar-refractivity contribution in [1.29, 1.82) is 0 Å². The van der Waals surface area contributed by atoms with Crippen molar-refractivity contribution in [3.05, 3.63) is 23.8 Å². The zero-order valence-electron chi connectivity index (χ0n) is 9.53. The van der Waals surface area contributed by atoms with E-state index in [1.165, 1.54) is 6.07 Å². The molecule has 0 aromatic heterocycles. The molecule has 0 unspecified atom stereocenters. The van der Waals surface area contributed by atoms with E-state index >= 15 is 0 Å². The molecule has 0 saturated heterocycles. The maximum atomic E-state index is 11.2. The first-order chi connectivity index (χ1) is 7.63. The Morgan fingerprint density at radius 3 is 2.81 bits per heavy atom. The first-order valence-corrected chi connectivity index (χ1v) is 5.21. The number of carbonyl (C=O) groups is 1. The van der Waals surface area contributed by atoms with Crippen LogP contribution in [-0.4, -0.2) is 24.3 Å². The van der Waals surface area contributed by atoms with E-state index in [9.17, 15) is 9.90 Å². The highest BCUT2D eigenvalue weighted by Gasteiger charge is 2.05. The largest absolute Gasteiger partial charge is 0.508 e. The molecular formula is C12H16O4. The van der Waals surface area contributed by atoms with Crippen LogP contribution in [0.5, 0.6) is 11.5 Å². The van der Waals surface area contributed by atoms with E-state index in [0.29, 0.717) is 12.4 Å². The van der Waals surface area contributed by atoms with Crippen molar-refractivity contribution in [2.24, 2.45) is 0 Å². The van der Waals surface area contributed by atoms with Gasteiger partial charge in [0.15, 0.2) is 6.61 Å². The molecule has 1 N–H and O–H groups in total. The molecule has 0 fully saturated rings. The topological polar surface area (TPSA) is 55.8 Å².